The Morgan fingerprint density at radius 2 is 1.69 bits per heavy atom. The summed E-state index contributed by atoms with van der Waals surface area (Å²) in [5, 5.41) is 3.26. The number of nitrogens with one attached hydrogen (secondary N) is 1. The summed E-state index contributed by atoms with van der Waals surface area (Å²) in [4.78, 5) is 27.3. The molecule has 7 nitrogen and oxygen atoms in total. The van der Waals surface area contributed by atoms with Gasteiger partial charge in [-0.05, 0) is 43.2 Å². The van der Waals surface area contributed by atoms with E-state index in [0.29, 0.717) is 11.6 Å². The highest BCUT2D eigenvalue weighted by Crippen LogP contribution is 2.18. The number of halogens is 1. The summed E-state index contributed by atoms with van der Waals surface area (Å²) in [5.74, 6) is -0.738. The fraction of sp³-hybridized carbons (Fsp3) is 0.391. The Kier molecular flexibility index (Phi) is 9.68. The van der Waals surface area contributed by atoms with Crippen LogP contribution in [-0.4, -0.2) is 55.6 Å². The number of carbonyl (C=O) groups excluding carboxylic acids is 2. The van der Waals surface area contributed by atoms with E-state index in [4.69, 9.17) is 11.6 Å². The quantitative estimate of drug-likeness (QED) is 0.501. The van der Waals surface area contributed by atoms with Crippen LogP contribution in [-0.2, 0) is 26.2 Å². The predicted molar refractivity (Wildman–Crippen MR) is 126 cm³/mol. The van der Waals surface area contributed by atoms with Crippen LogP contribution in [0.15, 0.2) is 59.5 Å². The molecule has 0 saturated heterocycles. The number of sulfonamides is 1. The van der Waals surface area contributed by atoms with Gasteiger partial charge in [0.1, 0.15) is 6.04 Å². The van der Waals surface area contributed by atoms with Crippen molar-refractivity contribution in [3.05, 3.63) is 65.2 Å². The van der Waals surface area contributed by atoms with Gasteiger partial charge in [0.25, 0.3) is 0 Å². The summed E-state index contributed by atoms with van der Waals surface area (Å²) >= 11 is 5.85. The SMILES string of the molecule is CCCCNC(=O)C(C)N(Cc1ccccc1)C(=O)CN(C)S(=O)(=O)c1ccc(Cl)cc1. The standard InChI is InChI=1S/C23H30ClN3O4S/c1-4-5-15-25-23(29)18(2)27(16-19-9-7-6-8-10-19)22(28)17-26(3)32(30,31)21-13-11-20(24)12-14-21/h6-14,18H,4-5,15-17H2,1-3H3,(H,25,29). The Bertz CT molecular complexity index is 998. The molecule has 0 radical (unpaired) electrons. The monoisotopic (exact) mass is 479 g/mol. The third kappa shape index (κ3) is 7.05. The predicted octanol–water partition coefficient (Wildman–Crippen LogP) is 3.29. The van der Waals surface area contributed by atoms with Crippen molar-refractivity contribution < 1.29 is 18.0 Å². The van der Waals surface area contributed by atoms with E-state index >= 15 is 0 Å². The second kappa shape index (κ2) is 12.0. The molecule has 2 aromatic rings. The van der Waals surface area contributed by atoms with Crippen LogP contribution in [0.5, 0.6) is 0 Å². The highest BCUT2D eigenvalue weighted by molar-refractivity contribution is 7.89. The van der Waals surface area contributed by atoms with E-state index in [9.17, 15) is 18.0 Å². The molecule has 0 heterocycles. The summed E-state index contributed by atoms with van der Waals surface area (Å²) < 4.78 is 26.7. The zero-order valence-electron chi connectivity index (χ0n) is 18.6. The molecule has 0 aliphatic rings. The molecule has 0 fully saturated rings. The van der Waals surface area contributed by atoms with Gasteiger partial charge in [-0.1, -0.05) is 55.3 Å². The van der Waals surface area contributed by atoms with Gasteiger partial charge in [-0.25, -0.2) is 8.42 Å². The van der Waals surface area contributed by atoms with Crippen LogP contribution in [0.3, 0.4) is 0 Å². The van der Waals surface area contributed by atoms with E-state index in [-0.39, 0.29) is 17.3 Å². The van der Waals surface area contributed by atoms with E-state index in [1.807, 2.05) is 37.3 Å². The topological polar surface area (TPSA) is 86.8 Å². The molecule has 0 aromatic heterocycles. The molecule has 174 valence electrons. The van der Waals surface area contributed by atoms with Crippen molar-refractivity contribution >= 4 is 33.4 Å². The van der Waals surface area contributed by atoms with Gasteiger partial charge < -0.3 is 10.2 Å². The maximum atomic E-state index is 13.2. The molecule has 1 unspecified atom stereocenters. The lowest BCUT2D eigenvalue weighted by atomic mass is 10.1. The van der Waals surface area contributed by atoms with Crippen LogP contribution in [0, 0.1) is 0 Å². The number of carbonyl (C=O) groups is 2. The molecule has 1 atom stereocenters. The van der Waals surface area contributed by atoms with E-state index in [2.05, 4.69) is 5.32 Å². The molecule has 2 rings (SSSR count). The molecule has 32 heavy (non-hydrogen) atoms. The molecule has 1 N–H and O–H groups in total. The molecule has 0 bridgehead atoms. The van der Waals surface area contributed by atoms with Gasteiger partial charge in [-0.3, -0.25) is 9.59 Å². The summed E-state index contributed by atoms with van der Waals surface area (Å²) in [7, 11) is -2.55. The first-order valence-corrected chi connectivity index (χ1v) is 12.3. The van der Waals surface area contributed by atoms with Crippen LogP contribution in [0.25, 0.3) is 0 Å². The Morgan fingerprint density at radius 1 is 1.06 bits per heavy atom. The fourth-order valence-corrected chi connectivity index (χ4v) is 4.30. The lowest BCUT2D eigenvalue weighted by molar-refractivity contribution is -0.140. The van der Waals surface area contributed by atoms with Gasteiger partial charge in [0.2, 0.25) is 21.8 Å². The lowest BCUT2D eigenvalue weighted by Gasteiger charge is -2.30. The normalized spacial score (nSPS) is 12.4. The average Bonchev–Trinajstić information content (AvgIpc) is 2.78. The third-order valence-electron chi connectivity index (χ3n) is 5.07. The first kappa shape index (κ1) is 25.8. The summed E-state index contributed by atoms with van der Waals surface area (Å²) in [5.41, 5.74) is 0.845. The van der Waals surface area contributed by atoms with Crippen LogP contribution < -0.4 is 5.32 Å². The maximum absolute atomic E-state index is 13.2. The van der Waals surface area contributed by atoms with E-state index < -0.39 is 28.5 Å². The van der Waals surface area contributed by atoms with Crippen molar-refractivity contribution in [3.8, 4) is 0 Å². The molecule has 2 amide bonds. The van der Waals surface area contributed by atoms with Gasteiger partial charge in [0, 0.05) is 25.2 Å². The van der Waals surface area contributed by atoms with Crippen LogP contribution in [0.1, 0.15) is 32.3 Å². The van der Waals surface area contributed by atoms with Crippen LogP contribution in [0.4, 0.5) is 0 Å². The first-order chi connectivity index (χ1) is 15.2. The number of likely N-dealkylation sites (N-methyl/N-ethyl adjacent to an activating group) is 1. The van der Waals surface area contributed by atoms with Crippen LogP contribution >= 0.6 is 11.6 Å². The Labute approximate surface area is 195 Å². The number of hydrogen-bond donors (Lipinski definition) is 1. The maximum Gasteiger partial charge on any atom is 0.243 e. The van der Waals surface area contributed by atoms with Crippen molar-refractivity contribution in [2.24, 2.45) is 0 Å². The van der Waals surface area contributed by atoms with Gasteiger partial charge in [0.05, 0.1) is 11.4 Å². The minimum atomic E-state index is -3.89. The van der Waals surface area contributed by atoms with Gasteiger partial charge in [-0.15, -0.1) is 0 Å². The number of benzene rings is 2. The number of nitrogens with zero attached hydrogens (tertiary/aromatic N) is 2. The van der Waals surface area contributed by atoms with Crippen molar-refractivity contribution in [1.29, 1.82) is 0 Å². The van der Waals surface area contributed by atoms with Crippen molar-refractivity contribution in [2.75, 3.05) is 20.1 Å². The summed E-state index contributed by atoms with van der Waals surface area (Å²) in [6.45, 7) is 3.99. The van der Waals surface area contributed by atoms with E-state index in [1.165, 1.54) is 36.2 Å². The van der Waals surface area contributed by atoms with Gasteiger partial charge in [0.15, 0.2) is 0 Å². The number of hydrogen-bond acceptors (Lipinski definition) is 4. The Morgan fingerprint density at radius 3 is 2.28 bits per heavy atom. The molecule has 2 aromatic carbocycles. The molecular weight excluding hydrogens is 450 g/mol. The van der Waals surface area contributed by atoms with Crippen LogP contribution in [0.2, 0.25) is 5.02 Å². The minimum Gasteiger partial charge on any atom is -0.354 e. The Hall–Kier alpha value is -2.42. The summed E-state index contributed by atoms with van der Waals surface area (Å²) in [6, 6.07) is 14.3. The molecular formula is C23H30ClN3O4S. The Balaban J connectivity index is 2.20. The van der Waals surface area contributed by atoms with Gasteiger partial charge in [-0.2, -0.15) is 4.31 Å². The van der Waals surface area contributed by atoms with Gasteiger partial charge >= 0.3 is 0 Å². The highest BCUT2D eigenvalue weighted by atomic mass is 35.5. The number of unbranched alkanes of at least 4 members (excludes halogenated alkanes) is 1. The molecule has 0 aliphatic carbocycles. The smallest absolute Gasteiger partial charge is 0.243 e. The van der Waals surface area contributed by atoms with Crippen molar-refractivity contribution in [1.82, 2.24) is 14.5 Å². The van der Waals surface area contributed by atoms with Crippen molar-refractivity contribution in [2.45, 2.75) is 44.2 Å². The molecule has 0 aliphatic heterocycles. The molecule has 9 heteroatoms. The fourth-order valence-electron chi connectivity index (χ4n) is 3.05. The van der Waals surface area contributed by atoms with E-state index in [1.54, 1.807) is 6.92 Å². The second-order valence-corrected chi connectivity index (χ2v) is 10.0. The number of rotatable bonds is 11. The largest absolute Gasteiger partial charge is 0.354 e. The third-order valence-corrected chi connectivity index (χ3v) is 7.14. The highest BCUT2D eigenvalue weighted by Gasteiger charge is 2.30. The lowest BCUT2D eigenvalue weighted by Crippen LogP contribution is -2.50. The molecule has 0 saturated carbocycles. The average molecular weight is 480 g/mol. The zero-order valence-corrected chi connectivity index (χ0v) is 20.2. The minimum absolute atomic E-state index is 0.0390. The molecule has 0 spiro atoms. The van der Waals surface area contributed by atoms with E-state index in [0.717, 1.165) is 22.7 Å². The second-order valence-electron chi connectivity index (χ2n) is 7.54. The number of amides is 2. The first-order valence-electron chi connectivity index (χ1n) is 10.5. The van der Waals surface area contributed by atoms with Crippen molar-refractivity contribution in [3.63, 3.8) is 0 Å². The summed E-state index contributed by atoms with van der Waals surface area (Å²) in [6.07, 6.45) is 1.78. The zero-order chi connectivity index (χ0) is 23.7.